The highest BCUT2D eigenvalue weighted by Crippen LogP contribution is 2.39. The maximum atomic E-state index is 14.4. The molecule has 1 aliphatic heterocycles. The number of hydrogen-bond acceptors (Lipinski definition) is 5. The van der Waals surface area contributed by atoms with Crippen LogP contribution in [0.2, 0.25) is 5.02 Å². The number of nitrogens with zero attached hydrogens (tertiary/aromatic N) is 3. The topological polar surface area (TPSA) is 75.2 Å². The summed E-state index contributed by atoms with van der Waals surface area (Å²) in [6, 6.07) is 5.04. The number of methoxy groups -OCH3 is 1. The van der Waals surface area contributed by atoms with Gasteiger partial charge < -0.3 is 10.5 Å². The van der Waals surface area contributed by atoms with E-state index in [4.69, 9.17) is 22.1 Å². The van der Waals surface area contributed by atoms with Crippen molar-refractivity contribution in [1.29, 1.82) is 5.26 Å². The maximum absolute atomic E-state index is 14.4. The summed E-state index contributed by atoms with van der Waals surface area (Å²) in [4.78, 5) is 6.64. The molecule has 5 nitrogen and oxygen atoms in total. The Kier molecular flexibility index (Phi) is 4.80. The van der Waals surface area contributed by atoms with Crippen LogP contribution in [-0.4, -0.2) is 30.1 Å². The van der Waals surface area contributed by atoms with Crippen LogP contribution in [-0.2, 0) is 13.0 Å². The molecule has 2 aromatic rings. The van der Waals surface area contributed by atoms with Crippen molar-refractivity contribution in [3.8, 4) is 22.9 Å². The van der Waals surface area contributed by atoms with Crippen molar-refractivity contribution in [2.45, 2.75) is 19.9 Å². The lowest BCUT2D eigenvalue weighted by molar-refractivity contribution is 0.266. The Balaban J connectivity index is 2.28. The van der Waals surface area contributed by atoms with Crippen LogP contribution in [0, 0.1) is 17.1 Å². The number of anilines is 1. The molecular weight excluding hydrogens is 343 g/mol. The number of benzene rings is 1. The molecule has 1 aromatic carbocycles. The summed E-state index contributed by atoms with van der Waals surface area (Å²) in [5.74, 6) is -0.440. The standard InChI is InChI=1S/C18H18ClFN4O/c1-3-24-5-4-15-12(9-24)16(11(8-21)18(22)23-15)10-6-13(19)17(25-2)14(20)7-10/h6-7H,3-5,9H2,1-2H3,(H2,22,23). The molecule has 25 heavy (non-hydrogen) atoms. The first kappa shape index (κ1) is 17.5. The number of nitriles is 1. The monoisotopic (exact) mass is 360 g/mol. The number of pyridine rings is 1. The van der Waals surface area contributed by atoms with E-state index in [2.05, 4.69) is 22.9 Å². The molecule has 3 rings (SSSR count). The highest BCUT2D eigenvalue weighted by Gasteiger charge is 2.26. The number of halogens is 2. The normalized spacial score (nSPS) is 14.0. The maximum Gasteiger partial charge on any atom is 0.173 e. The van der Waals surface area contributed by atoms with E-state index in [1.807, 2.05) is 0 Å². The van der Waals surface area contributed by atoms with Gasteiger partial charge in [-0.05, 0) is 29.8 Å². The number of nitrogens with two attached hydrogens (primary N) is 1. The highest BCUT2D eigenvalue weighted by atomic mass is 35.5. The molecule has 2 heterocycles. The lowest BCUT2D eigenvalue weighted by Gasteiger charge is -2.29. The van der Waals surface area contributed by atoms with E-state index in [1.165, 1.54) is 13.2 Å². The van der Waals surface area contributed by atoms with Crippen LogP contribution in [0.1, 0.15) is 23.7 Å². The minimum atomic E-state index is -0.582. The van der Waals surface area contributed by atoms with Gasteiger partial charge in [0.1, 0.15) is 17.5 Å². The van der Waals surface area contributed by atoms with Gasteiger partial charge in [-0.25, -0.2) is 9.37 Å². The summed E-state index contributed by atoms with van der Waals surface area (Å²) >= 11 is 6.15. The fourth-order valence-electron chi connectivity index (χ4n) is 3.24. The molecule has 0 bridgehead atoms. The molecule has 130 valence electrons. The van der Waals surface area contributed by atoms with Gasteiger partial charge in [-0.2, -0.15) is 5.26 Å². The first-order valence-corrected chi connectivity index (χ1v) is 8.35. The van der Waals surface area contributed by atoms with Gasteiger partial charge in [-0.1, -0.05) is 18.5 Å². The van der Waals surface area contributed by atoms with Crippen LogP contribution in [0.4, 0.5) is 10.2 Å². The van der Waals surface area contributed by atoms with Gasteiger partial charge in [0.15, 0.2) is 11.6 Å². The zero-order valence-corrected chi connectivity index (χ0v) is 14.8. The quantitative estimate of drug-likeness (QED) is 0.908. The Bertz CT molecular complexity index is 855. The molecule has 0 aliphatic carbocycles. The second kappa shape index (κ2) is 6.87. The SMILES string of the molecule is CCN1CCc2nc(N)c(C#N)c(-c3cc(F)c(OC)c(Cl)c3)c2C1. The van der Waals surface area contributed by atoms with Gasteiger partial charge in [0, 0.05) is 30.8 Å². The number of hydrogen-bond donors (Lipinski definition) is 1. The Hall–Kier alpha value is -2.36. The third-order valence-corrected chi connectivity index (χ3v) is 4.79. The van der Waals surface area contributed by atoms with E-state index in [9.17, 15) is 9.65 Å². The smallest absolute Gasteiger partial charge is 0.173 e. The third-order valence-electron chi connectivity index (χ3n) is 4.51. The zero-order valence-electron chi connectivity index (χ0n) is 14.1. The molecule has 0 unspecified atom stereocenters. The second-order valence-electron chi connectivity index (χ2n) is 5.88. The predicted octanol–water partition coefficient (Wildman–Crippen LogP) is 3.38. The molecular formula is C18H18ClFN4O. The van der Waals surface area contributed by atoms with Gasteiger partial charge in [-0.3, -0.25) is 4.90 Å². The van der Waals surface area contributed by atoms with Crippen LogP contribution in [0.3, 0.4) is 0 Å². The van der Waals surface area contributed by atoms with Crippen molar-refractivity contribution in [1.82, 2.24) is 9.88 Å². The molecule has 0 spiro atoms. The number of ether oxygens (including phenoxy) is 1. The lowest BCUT2D eigenvalue weighted by Crippen LogP contribution is -2.31. The Labute approximate surface area is 150 Å². The van der Waals surface area contributed by atoms with Crippen molar-refractivity contribution in [2.24, 2.45) is 0 Å². The van der Waals surface area contributed by atoms with Crippen LogP contribution >= 0.6 is 11.6 Å². The minimum absolute atomic E-state index is 0.0185. The van der Waals surface area contributed by atoms with Crippen LogP contribution in [0.5, 0.6) is 5.75 Å². The van der Waals surface area contributed by atoms with Crippen molar-refractivity contribution in [3.63, 3.8) is 0 Å². The van der Waals surface area contributed by atoms with Gasteiger partial charge in [0.05, 0.1) is 12.1 Å². The summed E-state index contributed by atoms with van der Waals surface area (Å²) in [6.07, 6.45) is 0.735. The van der Waals surface area contributed by atoms with Gasteiger partial charge in [0.2, 0.25) is 0 Å². The fourth-order valence-corrected chi connectivity index (χ4v) is 3.52. The average Bonchev–Trinajstić information content (AvgIpc) is 2.59. The molecule has 0 atom stereocenters. The first-order chi connectivity index (χ1) is 12.0. The number of likely N-dealkylation sites (N-methyl/N-ethyl adjacent to an activating group) is 1. The Morgan fingerprint density at radius 3 is 2.84 bits per heavy atom. The molecule has 1 aromatic heterocycles. The zero-order chi connectivity index (χ0) is 18.1. The summed E-state index contributed by atoms with van der Waals surface area (Å²) in [5, 5.41) is 9.74. The number of fused-ring (bicyclic) bond motifs is 1. The van der Waals surface area contributed by atoms with E-state index < -0.39 is 5.82 Å². The molecule has 2 N–H and O–H groups in total. The van der Waals surface area contributed by atoms with Crippen molar-refractivity contribution < 1.29 is 9.13 Å². The third kappa shape index (κ3) is 3.01. The number of nitrogen functional groups attached to an aromatic ring is 1. The largest absolute Gasteiger partial charge is 0.492 e. The summed E-state index contributed by atoms with van der Waals surface area (Å²) in [7, 11) is 1.36. The molecule has 0 saturated heterocycles. The average molecular weight is 361 g/mol. The first-order valence-electron chi connectivity index (χ1n) is 7.97. The van der Waals surface area contributed by atoms with E-state index in [0.717, 1.165) is 30.8 Å². The van der Waals surface area contributed by atoms with E-state index in [1.54, 1.807) is 6.07 Å². The molecule has 0 radical (unpaired) electrons. The van der Waals surface area contributed by atoms with E-state index in [-0.39, 0.29) is 22.2 Å². The van der Waals surface area contributed by atoms with Crippen LogP contribution in [0.15, 0.2) is 12.1 Å². The Morgan fingerprint density at radius 2 is 2.24 bits per heavy atom. The molecule has 0 amide bonds. The van der Waals surface area contributed by atoms with E-state index >= 15 is 0 Å². The molecule has 7 heteroatoms. The highest BCUT2D eigenvalue weighted by molar-refractivity contribution is 6.32. The van der Waals surface area contributed by atoms with Gasteiger partial charge in [0.25, 0.3) is 0 Å². The van der Waals surface area contributed by atoms with Crippen LogP contribution in [0.25, 0.3) is 11.1 Å². The summed E-state index contributed by atoms with van der Waals surface area (Å²) in [5.41, 5.74) is 9.10. The lowest BCUT2D eigenvalue weighted by atomic mass is 9.91. The summed E-state index contributed by atoms with van der Waals surface area (Å²) < 4.78 is 19.3. The Morgan fingerprint density at radius 1 is 1.48 bits per heavy atom. The minimum Gasteiger partial charge on any atom is -0.492 e. The predicted molar refractivity (Wildman–Crippen MR) is 95.0 cm³/mol. The van der Waals surface area contributed by atoms with Gasteiger partial charge in [-0.15, -0.1) is 0 Å². The summed E-state index contributed by atoms with van der Waals surface area (Å²) in [6.45, 7) is 4.46. The van der Waals surface area contributed by atoms with Crippen LogP contribution < -0.4 is 10.5 Å². The second-order valence-corrected chi connectivity index (χ2v) is 6.28. The molecule has 0 fully saturated rings. The fraction of sp³-hybridized carbons (Fsp3) is 0.333. The molecule has 0 saturated carbocycles. The van der Waals surface area contributed by atoms with Crippen molar-refractivity contribution in [3.05, 3.63) is 39.8 Å². The number of aromatic nitrogens is 1. The van der Waals surface area contributed by atoms with Gasteiger partial charge >= 0.3 is 0 Å². The number of rotatable bonds is 3. The van der Waals surface area contributed by atoms with E-state index in [0.29, 0.717) is 17.7 Å². The van der Waals surface area contributed by atoms with Crippen molar-refractivity contribution >= 4 is 17.4 Å². The van der Waals surface area contributed by atoms with Crippen molar-refractivity contribution in [2.75, 3.05) is 25.9 Å². The molecule has 1 aliphatic rings.